The number of sulfonamides is 1. The molecular weight excluding hydrogens is 206 g/mol. The first-order valence-electron chi connectivity index (χ1n) is 4.44. The van der Waals surface area contributed by atoms with Crippen molar-refractivity contribution in [3.05, 3.63) is 0 Å². The molecule has 3 nitrogen and oxygen atoms in total. The van der Waals surface area contributed by atoms with E-state index in [0.29, 0.717) is 0 Å². The summed E-state index contributed by atoms with van der Waals surface area (Å²) >= 11 is 1.68. The van der Waals surface area contributed by atoms with Gasteiger partial charge in [0.05, 0.1) is 5.75 Å². The number of hydrogen-bond donors (Lipinski definition) is 0. The Labute approximate surface area is 85.9 Å². The molecule has 0 aliphatic rings. The van der Waals surface area contributed by atoms with E-state index in [1.54, 1.807) is 25.7 Å². The quantitative estimate of drug-likeness (QED) is 0.686. The van der Waals surface area contributed by atoms with Crippen LogP contribution >= 0.6 is 11.8 Å². The fourth-order valence-electron chi connectivity index (χ4n) is 1.10. The van der Waals surface area contributed by atoms with Crippen molar-refractivity contribution >= 4 is 21.8 Å². The van der Waals surface area contributed by atoms with Crippen LogP contribution in [0.5, 0.6) is 0 Å². The third-order valence-corrected chi connectivity index (χ3v) is 4.77. The minimum Gasteiger partial charge on any atom is -0.212 e. The topological polar surface area (TPSA) is 37.4 Å². The minimum absolute atomic E-state index is 0.139. The predicted molar refractivity (Wildman–Crippen MR) is 59.7 cm³/mol. The molecule has 5 heteroatoms. The van der Waals surface area contributed by atoms with Crippen LogP contribution in [0.1, 0.15) is 20.3 Å². The first-order chi connectivity index (χ1) is 5.99. The lowest BCUT2D eigenvalue weighted by Gasteiger charge is -2.25. The molecule has 0 heterocycles. The second-order valence-electron chi connectivity index (χ2n) is 2.93. The second-order valence-corrected chi connectivity index (χ2v) is 6.16. The van der Waals surface area contributed by atoms with Gasteiger partial charge in [0.1, 0.15) is 0 Å². The zero-order valence-electron chi connectivity index (χ0n) is 8.78. The van der Waals surface area contributed by atoms with Gasteiger partial charge in [-0.25, -0.2) is 12.7 Å². The molecule has 0 bridgehead atoms. The lowest BCUT2D eigenvalue weighted by Crippen LogP contribution is -2.39. The van der Waals surface area contributed by atoms with Crippen LogP contribution in [0.2, 0.25) is 0 Å². The molecule has 0 amide bonds. The van der Waals surface area contributed by atoms with Gasteiger partial charge in [-0.15, -0.1) is 0 Å². The van der Waals surface area contributed by atoms with Gasteiger partial charge >= 0.3 is 0 Å². The monoisotopic (exact) mass is 225 g/mol. The predicted octanol–water partition coefficient (Wildman–Crippen LogP) is 1.41. The van der Waals surface area contributed by atoms with Crippen LogP contribution in [-0.2, 0) is 10.0 Å². The molecule has 0 aromatic rings. The molecule has 0 spiro atoms. The van der Waals surface area contributed by atoms with E-state index >= 15 is 0 Å². The van der Waals surface area contributed by atoms with Gasteiger partial charge in [0.2, 0.25) is 10.0 Å². The highest BCUT2D eigenvalue weighted by molar-refractivity contribution is 7.98. The number of hydrogen-bond acceptors (Lipinski definition) is 3. The van der Waals surface area contributed by atoms with Gasteiger partial charge in [-0.3, -0.25) is 0 Å². The summed E-state index contributed by atoms with van der Waals surface area (Å²) in [6.07, 6.45) is 2.87. The van der Waals surface area contributed by atoms with Crippen molar-refractivity contribution < 1.29 is 8.42 Å². The molecule has 0 aromatic heterocycles. The Morgan fingerprint density at radius 3 is 2.23 bits per heavy atom. The van der Waals surface area contributed by atoms with Crippen LogP contribution < -0.4 is 0 Å². The second kappa shape index (κ2) is 5.88. The van der Waals surface area contributed by atoms with Crippen molar-refractivity contribution in [2.45, 2.75) is 26.3 Å². The number of nitrogens with zero attached hydrogens (tertiary/aromatic N) is 1. The summed E-state index contributed by atoms with van der Waals surface area (Å²) in [7, 11) is -1.34. The van der Waals surface area contributed by atoms with E-state index in [1.165, 1.54) is 4.31 Å². The highest BCUT2D eigenvalue weighted by Gasteiger charge is 2.22. The molecule has 0 fully saturated rings. The molecule has 0 aliphatic carbocycles. The molecule has 0 rings (SSSR count). The summed E-state index contributed by atoms with van der Waals surface area (Å²) in [4.78, 5) is 0. The fourth-order valence-corrected chi connectivity index (χ4v) is 3.13. The van der Waals surface area contributed by atoms with E-state index in [4.69, 9.17) is 0 Å². The highest BCUT2D eigenvalue weighted by atomic mass is 32.2. The van der Waals surface area contributed by atoms with E-state index < -0.39 is 10.0 Å². The van der Waals surface area contributed by atoms with E-state index in [0.717, 1.165) is 12.2 Å². The summed E-state index contributed by atoms with van der Waals surface area (Å²) in [6, 6.07) is 0.139. The molecule has 1 atom stereocenters. The van der Waals surface area contributed by atoms with Crippen molar-refractivity contribution in [1.29, 1.82) is 0 Å². The molecule has 0 N–H and O–H groups in total. The Balaban J connectivity index is 4.45. The molecular formula is C8H19NO2S2. The van der Waals surface area contributed by atoms with E-state index in [2.05, 4.69) is 0 Å². The molecule has 80 valence electrons. The Morgan fingerprint density at radius 1 is 1.38 bits per heavy atom. The van der Waals surface area contributed by atoms with E-state index in [-0.39, 0.29) is 11.8 Å². The van der Waals surface area contributed by atoms with E-state index in [9.17, 15) is 8.42 Å². The van der Waals surface area contributed by atoms with Crippen LogP contribution in [0.15, 0.2) is 0 Å². The standard InChI is InChI=1S/C8H19NO2S2/c1-5-8(7-12-4)9(3)13(10,11)6-2/h8H,5-7H2,1-4H3. The lowest BCUT2D eigenvalue weighted by atomic mass is 10.3. The van der Waals surface area contributed by atoms with Crippen LogP contribution in [0.4, 0.5) is 0 Å². The molecule has 13 heavy (non-hydrogen) atoms. The zero-order chi connectivity index (χ0) is 10.5. The Bertz CT molecular complexity index is 226. The average molecular weight is 225 g/mol. The minimum atomic E-state index is -3.01. The molecule has 0 saturated carbocycles. The van der Waals surface area contributed by atoms with Gasteiger partial charge in [-0.1, -0.05) is 6.92 Å². The van der Waals surface area contributed by atoms with Gasteiger partial charge < -0.3 is 0 Å². The smallest absolute Gasteiger partial charge is 0.212 e. The number of thioether (sulfide) groups is 1. The molecule has 0 aromatic carbocycles. The lowest BCUT2D eigenvalue weighted by molar-refractivity contribution is 0.386. The van der Waals surface area contributed by atoms with Crippen molar-refractivity contribution in [2.24, 2.45) is 0 Å². The van der Waals surface area contributed by atoms with Crippen LogP contribution in [0.25, 0.3) is 0 Å². The zero-order valence-corrected chi connectivity index (χ0v) is 10.4. The summed E-state index contributed by atoms with van der Waals surface area (Å²) in [6.45, 7) is 3.69. The van der Waals surface area contributed by atoms with Crippen molar-refractivity contribution in [2.75, 3.05) is 24.8 Å². The van der Waals surface area contributed by atoms with Crippen LogP contribution in [0.3, 0.4) is 0 Å². The van der Waals surface area contributed by atoms with Gasteiger partial charge in [0.15, 0.2) is 0 Å². The summed E-state index contributed by atoms with van der Waals surface area (Å²) < 4.78 is 24.5. The maximum Gasteiger partial charge on any atom is 0.213 e. The van der Waals surface area contributed by atoms with Gasteiger partial charge in [-0.2, -0.15) is 11.8 Å². The van der Waals surface area contributed by atoms with Crippen molar-refractivity contribution in [3.63, 3.8) is 0 Å². The maximum atomic E-state index is 11.5. The Morgan fingerprint density at radius 2 is 1.92 bits per heavy atom. The van der Waals surface area contributed by atoms with Gasteiger partial charge in [0.25, 0.3) is 0 Å². The van der Waals surface area contributed by atoms with Crippen molar-refractivity contribution in [3.8, 4) is 0 Å². The third-order valence-electron chi connectivity index (χ3n) is 2.15. The van der Waals surface area contributed by atoms with Crippen molar-refractivity contribution in [1.82, 2.24) is 4.31 Å². The fraction of sp³-hybridized carbons (Fsp3) is 1.00. The summed E-state index contributed by atoms with van der Waals surface area (Å²) in [5.41, 5.74) is 0. The van der Waals surface area contributed by atoms with Gasteiger partial charge in [-0.05, 0) is 19.6 Å². The SMILES string of the molecule is CCC(CSC)N(C)S(=O)(=O)CC. The first-order valence-corrected chi connectivity index (χ1v) is 7.44. The first kappa shape index (κ1) is 13.3. The van der Waals surface area contributed by atoms with Crippen LogP contribution in [0, 0.1) is 0 Å². The van der Waals surface area contributed by atoms with Gasteiger partial charge in [0, 0.05) is 18.8 Å². The summed E-state index contributed by atoms with van der Waals surface area (Å²) in [5.74, 6) is 1.06. The molecule has 0 aliphatic heterocycles. The molecule has 0 saturated heterocycles. The number of rotatable bonds is 6. The highest BCUT2D eigenvalue weighted by Crippen LogP contribution is 2.12. The normalized spacial score (nSPS) is 14.8. The average Bonchev–Trinajstić information content (AvgIpc) is 2.13. The maximum absolute atomic E-state index is 11.5. The Kier molecular flexibility index (Phi) is 6.00. The molecule has 1 unspecified atom stereocenters. The van der Waals surface area contributed by atoms with Crippen LogP contribution in [-0.4, -0.2) is 43.6 Å². The third kappa shape index (κ3) is 3.87. The summed E-state index contributed by atoms with van der Waals surface area (Å²) in [5, 5.41) is 0. The Hall–Kier alpha value is 0.260. The molecule has 0 radical (unpaired) electrons. The van der Waals surface area contributed by atoms with E-state index in [1.807, 2.05) is 13.2 Å². The largest absolute Gasteiger partial charge is 0.213 e.